The van der Waals surface area contributed by atoms with Gasteiger partial charge in [0.05, 0.1) is 18.8 Å². The number of nitrogens with zero attached hydrogens (tertiary/aromatic N) is 1. The van der Waals surface area contributed by atoms with Gasteiger partial charge in [0.15, 0.2) is 0 Å². The summed E-state index contributed by atoms with van der Waals surface area (Å²) in [5, 5.41) is 5.39. The van der Waals surface area contributed by atoms with Gasteiger partial charge in [-0.15, -0.1) is 11.3 Å². The molecule has 0 spiro atoms. The molecule has 3 nitrogen and oxygen atoms in total. The summed E-state index contributed by atoms with van der Waals surface area (Å²) in [5.41, 5.74) is 1.11. The second kappa shape index (κ2) is 6.31. The standard InChI is InChI=1S/C13H15BrN2OS/c1-3-17-11-4-9(6-16-7-11)13(15-2)12-5-10(14)8-18-12/h4-8,13,15H,3H2,1-2H3. The maximum absolute atomic E-state index is 5.49. The van der Waals surface area contributed by atoms with Crippen molar-refractivity contribution in [3.05, 3.63) is 44.8 Å². The van der Waals surface area contributed by atoms with Crippen LogP contribution in [0.2, 0.25) is 0 Å². The number of aromatic nitrogens is 1. The first-order valence-electron chi connectivity index (χ1n) is 5.73. The Morgan fingerprint density at radius 1 is 1.44 bits per heavy atom. The van der Waals surface area contributed by atoms with E-state index in [0.717, 1.165) is 15.8 Å². The third-order valence-electron chi connectivity index (χ3n) is 2.54. The smallest absolute Gasteiger partial charge is 0.137 e. The molecule has 5 heteroatoms. The highest BCUT2D eigenvalue weighted by Crippen LogP contribution is 2.30. The monoisotopic (exact) mass is 326 g/mol. The molecule has 0 aliphatic heterocycles. The molecule has 0 aliphatic rings. The van der Waals surface area contributed by atoms with Gasteiger partial charge in [-0.05, 0) is 47.6 Å². The van der Waals surface area contributed by atoms with Gasteiger partial charge in [-0.2, -0.15) is 0 Å². The van der Waals surface area contributed by atoms with Crippen LogP contribution in [0.3, 0.4) is 0 Å². The van der Waals surface area contributed by atoms with Crippen LogP contribution in [0.15, 0.2) is 34.4 Å². The van der Waals surface area contributed by atoms with Gasteiger partial charge < -0.3 is 10.1 Å². The number of pyridine rings is 1. The minimum atomic E-state index is 0.147. The maximum Gasteiger partial charge on any atom is 0.137 e. The summed E-state index contributed by atoms with van der Waals surface area (Å²) in [6, 6.07) is 4.30. The molecule has 0 saturated heterocycles. The van der Waals surface area contributed by atoms with Crippen LogP contribution in [-0.4, -0.2) is 18.6 Å². The number of ether oxygens (including phenoxy) is 1. The van der Waals surface area contributed by atoms with Gasteiger partial charge in [0.25, 0.3) is 0 Å². The fraction of sp³-hybridized carbons (Fsp3) is 0.308. The summed E-state index contributed by atoms with van der Waals surface area (Å²) in [7, 11) is 1.95. The molecular weight excluding hydrogens is 312 g/mol. The van der Waals surface area contributed by atoms with Crippen molar-refractivity contribution in [2.45, 2.75) is 13.0 Å². The molecule has 2 aromatic rings. The van der Waals surface area contributed by atoms with E-state index in [1.807, 2.05) is 26.2 Å². The number of hydrogen-bond acceptors (Lipinski definition) is 4. The second-order valence-electron chi connectivity index (χ2n) is 3.78. The molecule has 0 radical (unpaired) electrons. The summed E-state index contributed by atoms with van der Waals surface area (Å²) in [5.74, 6) is 0.811. The lowest BCUT2D eigenvalue weighted by molar-refractivity contribution is 0.338. The molecule has 0 amide bonds. The van der Waals surface area contributed by atoms with E-state index in [1.54, 1.807) is 17.5 Å². The highest BCUT2D eigenvalue weighted by molar-refractivity contribution is 9.10. The Bertz CT molecular complexity index is 515. The van der Waals surface area contributed by atoms with E-state index in [0.29, 0.717) is 6.61 Å². The van der Waals surface area contributed by atoms with Crippen molar-refractivity contribution in [2.24, 2.45) is 0 Å². The van der Waals surface area contributed by atoms with Crippen LogP contribution >= 0.6 is 27.3 Å². The number of hydrogen-bond donors (Lipinski definition) is 1. The summed E-state index contributed by atoms with van der Waals surface area (Å²) < 4.78 is 6.59. The van der Waals surface area contributed by atoms with Gasteiger partial charge in [0, 0.05) is 20.9 Å². The summed E-state index contributed by atoms with van der Waals surface area (Å²) >= 11 is 5.20. The average Bonchev–Trinajstić information content (AvgIpc) is 2.78. The van der Waals surface area contributed by atoms with Crippen LogP contribution in [0.1, 0.15) is 23.4 Å². The molecule has 2 heterocycles. The fourth-order valence-corrected chi connectivity index (χ4v) is 3.37. The zero-order valence-electron chi connectivity index (χ0n) is 10.3. The topological polar surface area (TPSA) is 34.1 Å². The van der Waals surface area contributed by atoms with Crippen molar-refractivity contribution in [3.8, 4) is 5.75 Å². The zero-order chi connectivity index (χ0) is 13.0. The Labute approximate surface area is 119 Å². The van der Waals surface area contributed by atoms with Gasteiger partial charge in [-0.3, -0.25) is 4.98 Å². The zero-order valence-corrected chi connectivity index (χ0v) is 12.7. The highest BCUT2D eigenvalue weighted by Gasteiger charge is 2.15. The van der Waals surface area contributed by atoms with E-state index in [4.69, 9.17) is 4.74 Å². The number of nitrogens with one attached hydrogen (secondary N) is 1. The van der Waals surface area contributed by atoms with E-state index in [1.165, 1.54) is 4.88 Å². The van der Waals surface area contributed by atoms with Gasteiger partial charge in [0.1, 0.15) is 5.75 Å². The molecule has 0 saturated carbocycles. The van der Waals surface area contributed by atoms with Crippen molar-refractivity contribution in [1.82, 2.24) is 10.3 Å². The SMILES string of the molecule is CCOc1cncc(C(NC)c2cc(Br)cs2)c1. The van der Waals surface area contributed by atoms with Crippen LogP contribution in [0.5, 0.6) is 5.75 Å². The molecule has 0 fully saturated rings. The molecule has 1 unspecified atom stereocenters. The van der Waals surface area contributed by atoms with E-state index in [-0.39, 0.29) is 6.04 Å². The Morgan fingerprint density at radius 2 is 2.28 bits per heavy atom. The highest BCUT2D eigenvalue weighted by atomic mass is 79.9. The lowest BCUT2D eigenvalue weighted by Crippen LogP contribution is -2.16. The van der Waals surface area contributed by atoms with Crippen LogP contribution in [-0.2, 0) is 0 Å². The molecule has 2 rings (SSSR count). The predicted molar refractivity (Wildman–Crippen MR) is 78.3 cm³/mol. The van der Waals surface area contributed by atoms with Crippen LogP contribution in [0, 0.1) is 0 Å². The van der Waals surface area contributed by atoms with Gasteiger partial charge in [0.2, 0.25) is 0 Å². The summed E-state index contributed by atoms with van der Waals surface area (Å²) in [6.45, 7) is 2.62. The van der Waals surface area contributed by atoms with Crippen LogP contribution < -0.4 is 10.1 Å². The number of halogens is 1. The molecule has 1 N–H and O–H groups in total. The number of rotatable bonds is 5. The summed E-state index contributed by atoms with van der Waals surface area (Å²) in [6.07, 6.45) is 3.61. The van der Waals surface area contributed by atoms with Crippen molar-refractivity contribution in [3.63, 3.8) is 0 Å². The van der Waals surface area contributed by atoms with Crippen molar-refractivity contribution in [2.75, 3.05) is 13.7 Å². The van der Waals surface area contributed by atoms with Crippen molar-refractivity contribution >= 4 is 27.3 Å². The molecule has 96 valence electrons. The third kappa shape index (κ3) is 3.10. The Balaban J connectivity index is 2.29. The number of thiophene rings is 1. The molecule has 0 aromatic carbocycles. The largest absolute Gasteiger partial charge is 0.492 e. The minimum Gasteiger partial charge on any atom is -0.492 e. The first-order valence-corrected chi connectivity index (χ1v) is 7.40. The first-order chi connectivity index (χ1) is 8.74. The minimum absolute atomic E-state index is 0.147. The van der Waals surface area contributed by atoms with E-state index >= 15 is 0 Å². The molecule has 1 atom stereocenters. The quantitative estimate of drug-likeness (QED) is 0.911. The van der Waals surface area contributed by atoms with Gasteiger partial charge in [-0.1, -0.05) is 0 Å². The maximum atomic E-state index is 5.49. The normalized spacial score (nSPS) is 12.4. The van der Waals surface area contributed by atoms with Crippen LogP contribution in [0.25, 0.3) is 0 Å². The molecular formula is C13H15BrN2OS. The lowest BCUT2D eigenvalue weighted by Gasteiger charge is -2.15. The van der Waals surface area contributed by atoms with E-state index in [2.05, 4.69) is 37.7 Å². The van der Waals surface area contributed by atoms with Gasteiger partial charge in [-0.25, -0.2) is 0 Å². The molecule has 0 aliphatic carbocycles. The fourth-order valence-electron chi connectivity index (χ4n) is 1.79. The average molecular weight is 327 g/mol. The van der Waals surface area contributed by atoms with Crippen LogP contribution in [0.4, 0.5) is 0 Å². The lowest BCUT2D eigenvalue weighted by atomic mass is 10.1. The first kappa shape index (κ1) is 13.5. The Kier molecular flexibility index (Phi) is 4.74. The third-order valence-corrected chi connectivity index (χ3v) is 4.30. The molecule has 18 heavy (non-hydrogen) atoms. The summed E-state index contributed by atoms with van der Waals surface area (Å²) in [4.78, 5) is 5.48. The van der Waals surface area contributed by atoms with Crippen molar-refractivity contribution < 1.29 is 4.74 Å². The second-order valence-corrected chi connectivity index (χ2v) is 5.63. The predicted octanol–water partition coefficient (Wildman–Crippen LogP) is 3.61. The Hall–Kier alpha value is -0.910. The molecule has 2 aromatic heterocycles. The van der Waals surface area contributed by atoms with E-state index in [9.17, 15) is 0 Å². The Morgan fingerprint density at radius 3 is 2.89 bits per heavy atom. The van der Waals surface area contributed by atoms with Crippen molar-refractivity contribution in [1.29, 1.82) is 0 Å². The van der Waals surface area contributed by atoms with Gasteiger partial charge >= 0.3 is 0 Å². The van der Waals surface area contributed by atoms with E-state index < -0.39 is 0 Å². The molecule has 0 bridgehead atoms.